The van der Waals surface area contributed by atoms with E-state index in [-0.39, 0.29) is 11.9 Å². The van der Waals surface area contributed by atoms with Crippen LogP contribution in [-0.4, -0.2) is 33.1 Å². The Morgan fingerprint density at radius 3 is 2.63 bits per heavy atom. The number of hydrogen-bond acceptors (Lipinski definition) is 6. The minimum Gasteiger partial charge on any atom is -0.497 e. The summed E-state index contributed by atoms with van der Waals surface area (Å²) in [7, 11) is 1.64. The number of thioether (sulfide) groups is 1. The van der Waals surface area contributed by atoms with Gasteiger partial charge in [-0.15, -0.1) is 10.2 Å². The predicted molar refractivity (Wildman–Crippen MR) is 119 cm³/mol. The topological polar surface area (TPSA) is 81.1 Å². The molecule has 0 aliphatic carbocycles. The van der Waals surface area contributed by atoms with E-state index in [1.54, 1.807) is 7.11 Å². The molecular formula is C22H25N5O2S. The second kappa shape index (κ2) is 8.39. The molecule has 0 bridgehead atoms. The number of nitrogens with one attached hydrogen (secondary N) is 2. The van der Waals surface area contributed by atoms with Crippen LogP contribution in [0.5, 0.6) is 5.75 Å². The largest absolute Gasteiger partial charge is 0.497 e. The predicted octanol–water partition coefficient (Wildman–Crippen LogP) is 3.86. The van der Waals surface area contributed by atoms with Crippen molar-refractivity contribution in [2.24, 2.45) is 0 Å². The van der Waals surface area contributed by atoms with Gasteiger partial charge in [-0.25, -0.2) is 4.68 Å². The first-order valence-corrected chi connectivity index (χ1v) is 10.8. The quantitative estimate of drug-likeness (QED) is 0.649. The molecule has 2 heterocycles. The van der Waals surface area contributed by atoms with Crippen molar-refractivity contribution < 1.29 is 9.53 Å². The van der Waals surface area contributed by atoms with Crippen LogP contribution >= 0.6 is 11.8 Å². The van der Waals surface area contributed by atoms with Gasteiger partial charge in [0.25, 0.3) is 0 Å². The van der Waals surface area contributed by atoms with Crippen LogP contribution in [0.2, 0.25) is 0 Å². The fourth-order valence-electron chi connectivity index (χ4n) is 3.55. The molecule has 1 aliphatic heterocycles. The van der Waals surface area contributed by atoms with Gasteiger partial charge in [0.05, 0.1) is 13.2 Å². The summed E-state index contributed by atoms with van der Waals surface area (Å²) >= 11 is 1.43. The van der Waals surface area contributed by atoms with Gasteiger partial charge in [-0.05, 0) is 43.2 Å². The Hall–Kier alpha value is -3.00. The summed E-state index contributed by atoms with van der Waals surface area (Å²) in [6.45, 7) is 6.07. The molecule has 4 rings (SSSR count). The Balaban J connectivity index is 1.67. The Kier molecular flexibility index (Phi) is 5.67. The molecule has 2 aromatic carbocycles. The summed E-state index contributed by atoms with van der Waals surface area (Å²) in [5, 5.41) is 11.9. The van der Waals surface area contributed by atoms with Gasteiger partial charge >= 0.3 is 0 Å². The number of carbonyl (C=O) groups excluding carboxylic acids is 1. The molecule has 0 fully saturated rings. The highest BCUT2D eigenvalue weighted by atomic mass is 32.2. The number of benzene rings is 2. The van der Waals surface area contributed by atoms with Crippen molar-refractivity contribution in [3.63, 3.8) is 0 Å². The minimum absolute atomic E-state index is 0.0763. The van der Waals surface area contributed by atoms with Crippen LogP contribution in [0.25, 0.3) is 0 Å². The van der Waals surface area contributed by atoms with Crippen molar-refractivity contribution in [3.8, 4) is 5.75 Å². The maximum atomic E-state index is 13.3. The molecule has 3 aromatic rings. The molecule has 0 radical (unpaired) electrons. The summed E-state index contributed by atoms with van der Waals surface area (Å²) in [6.07, 6.45) is 0.745. The maximum Gasteiger partial charge on any atom is 0.240 e. The van der Waals surface area contributed by atoms with E-state index in [0.29, 0.717) is 5.16 Å². The van der Waals surface area contributed by atoms with Crippen molar-refractivity contribution in [1.82, 2.24) is 14.9 Å². The number of aromatic nitrogens is 3. The molecular weight excluding hydrogens is 398 g/mol. The van der Waals surface area contributed by atoms with Gasteiger partial charge in [-0.2, -0.15) is 0 Å². The normalized spacial score (nSPS) is 17.7. The van der Waals surface area contributed by atoms with Crippen LogP contribution in [0.4, 0.5) is 5.69 Å². The Morgan fingerprint density at radius 2 is 1.97 bits per heavy atom. The minimum atomic E-state index is -0.416. The highest BCUT2D eigenvalue weighted by molar-refractivity contribution is 8.00. The van der Waals surface area contributed by atoms with Crippen LogP contribution in [0.15, 0.2) is 47.6 Å². The Bertz CT molecular complexity index is 1060. The van der Waals surface area contributed by atoms with Crippen molar-refractivity contribution in [3.05, 3.63) is 65.0 Å². The Labute approximate surface area is 180 Å². The van der Waals surface area contributed by atoms with Gasteiger partial charge in [0.2, 0.25) is 11.1 Å². The molecule has 1 aromatic heterocycles. The van der Waals surface area contributed by atoms with Gasteiger partial charge in [0.1, 0.15) is 11.0 Å². The number of methoxy groups -OCH3 is 1. The monoisotopic (exact) mass is 423 g/mol. The number of aryl methyl sites for hydroxylation is 3. The third-order valence-corrected chi connectivity index (χ3v) is 6.41. The summed E-state index contributed by atoms with van der Waals surface area (Å²) in [5.41, 5.74) is 7.47. The number of carbonyl (C=O) groups is 1. The third-order valence-electron chi connectivity index (χ3n) is 5.19. The van der Waals surface area contributed by atoms with Crippen molar-refractivity contribution in [2.75, 3.05) is 17.9 Å². The molecule has 0 saturated heterocycles. The molecule has 0 saturated carbocycles. The van der Waals surface area contributed by atoms with Crippen molar-refractivity contribution >= 4 is 23.4 Å². The number of hydrogen-bond donors (Lipinski definition) is 2. The summed E-state index contributed by atoms with van der Waals surface area (Å²) in [5.74, 6) is 1.54. The zero-order valence-corrected chi connectivity index (χ0v) is 18.3. The third kappa shape index (κ3) is 3.87. The lowest BCUT2D eigenvalue weighted by Gasteiger charge is -2.33. The molecule has 2 N–H and O–H groups in total. The SMILES string of the molecule is CCc1nnc2n1NC(c1ccc(OC)cc1)C(C(=O)Nc1ccc(C)cc1C)S2. The molecule has 30 heavy (non-hydrogen) atoms. The maximum absolute atomic E-state index is 13.3. The molecule has 1 aliphatic rings. The zero-order valence-electron chi connectivity index (χ0n) is 17.5. The van der Waals surface area contributed by atoms with Crippen molar-refractivity contribution in [2.45, 2.75) is 43.6 Å². The molecule has 156 valence electrons. The van der Waals surface area contributed by atoms with E-state index >= 15 is 0 Å². The first-order valence-electron chi connectivity index (χ1n) is 9.89. The lowest BCUT2D eigenvalue weighted by atomic mass is 10.0. The number of fused-ring (bicyclic) bond motifs is 1. The van der Waals surface area contributed by atoms with E-state index in [1.165, 1.54) is 11.8 Å². The van der Waals surface area contributed by atoms with E-state index in [1.807, 2.05) is 61.8 Å². The van der Waals surface area contributed by atoms with Crippen molar-refractivity contribution in [1.29, 1.82) is 0 Å². The molecule has 1 amide bonds. The highest BCUT2D eigenvalue weighted by Gasteiger charge is 2.37. The number of nitrogens with zero attached hydrogens (tertiary/aromatic N) is 3. The second-order valence-electron chi connectivity index (χ2n) is 7.31. The van der Waals surface area contributed by atoms with Gasteiger partial charge in [-0.1, -0.05) is 48.5 Å². The zero-order chi connectivity index (χ0) is 21.3. The van der Waals surface area contributed by atoms with Crippen LogP contribution in [0.3, 0.4) is 0 Å². The summed E-state index contributed by atoms with van der Waals surface area (Å²) in [4.78, 5) is 13.3. The molecule has 7 nitrogen and oxygen atoms in total. The first-order chi connectivity index (χ1) is 14.5. The van der Waals surface area contributed by atoms with E-state index in [4.69, 9.17) is 4.74 Å². The van der Waals surface area contributed by atoms with Gasteiger partial charge < -0.3 is 15.5 Å². The van der Waals surface area contributed by atoms with E-state index < -0.39 is 5.25 Å². The highest BCUT2D eigenvalue weighted by Crippen LogP contribution is 2.38. The summed E-state index contributed by atoms with van der Waals surface area (Å²) in [6, 6.07) is 13.5. The lowest BCUT2D eigenvalue weighted by Crippen LogP contribution is -2.41. The Morgan fingerprint density at radius 1 is 1.20 bits per heavy atom. The van der Waals surface area contributed by atoms with E-state index in [9.17, 15) is 4.79 Å². The van der Waals surface area contributed by atoms with Crippen LogP contribution < -0.4 is 15.5 Å². The number of anilines is 1. The van der Waals surface area contributed by atoms with Crippen LogP contribution in [-0.2, 0) is 11.2 Å². The van der Waals surface area contributed by atoms with E-state index in [2.05, 4.69) is 27.0 Å². The average molecular weight is 424 g/mol. The fourth-order valence-corrected chi connectivity index (χ4v) is 4.65. The van der Waals surface area contributed by atoms with Gasteiger partial charge in [0, 0.05) is 12.1 Å². The van der Waals surface area contributed by atoms with E-state index in [0.717, 1.165) is 40.4 Å². The molecule has 2 atom stereocenters. The molecule has 0 spiro atoms. The standard InChI is InChI=1S/C22H25N5O2S/c1-5-18-24-25-22-27(18)26-19(15-7-9-16(29-4)10-8-15)20(30-22)21(28)23-17-11-6-13(2)12-14(17)3/h6-12,19-20,26H,5H2,1-4H3,(H,23,28). The molecule has 8 heteroatoms. The van der Waals surface area contributed by atoms with Crippen LogP contribution in [0.1, 0.15) is 35.5 Å². The smallest absolute Gasteiger partial charge is 0.240 e. The molecule has 2 unspecified atom stereocenters. The number of ether oxygens (including phenoxy) is 1. The van der Waals surface area contributed by atoms with Gasteiger partial charge in [-0.3, -0.25) is 4.79 Å². The fraction of sp³-hybridized carbons (Fsp3) is 0.318. The summed E-state index contributed by atoms with van der Waals surface area (Å²) < 4.78 is 7.17. The second-order valence-corrected chi connectivity index (χ2v) is 8.42. The van der Waals surface area contributed by atoms with Crippen LogP contribution in [0, 0.1) is 13.8 Å². The average Bonchev–Trinajstić information content (AvgIpc) is 3.17. The first kappa shape index (κ1) is 20.3. The lowest BCUT2D eigenvalue weighted by molar-refractivity contribution is -0.116. The number of rotatable bonds is 5. The van der Waals surface area contributed by atoms with Gasteiger partial charge in [0.15, 0.2) is 5.82 Å². The number of amides is 1.